The second-order valence-corrected chi connectivity index (χ2v) is 5.58. The summed E-state index contributed by atoms with van der Waals surface area (Å²) in [6.45, 7) is 6.65. The van der Waals surface area contributed by atoms with Gasteiger partial charge in [0.05, 0.1) is 5.41 Å². The molecule has 0 radical (unpaired) electrons. The lowest BCUT2D eigenvalue weighted by molar-refractivity contribution is -0.132. The van der Waals surface area contributed by atoms with Gasteiger partial charge in [0, 0.05) is 13.1 Å². The predicted molar refractivity (Wildman–Crippen MR) is 77.9 cm³/mol. The number of carbonyl (C=O) groups is 1. The molecule has 1 heterocycles. The molecule has 2 rings (SSSR count). The minimum Gasteiger partial charge on any atom is -0.352 e. The van der Waals surface area contributed by atoms with Crippen LogP contribution in [0, 0.1) is 12.3 Å². The fourth-order valence-electron chi connectivity index (χ4n) is 2.70. The summed E-state index contributed by atoms with van der Waals surface area (Å²) in [6.07, 6.45) is 2.99. The van der Waals surface area contributed by atoms with Crippen LogP contribution < -0.4 is 10.6 Å². The molecule has 1 aromatic rings. The summed E-state index contributed by atoms with van der Waals surface area (Å²) in [5.74, 6) is 0.197. The molecular weight excluding hydrogens is 236 g/mol. The smallest absolute Gasteiger partial charge is 0.227 e. The van der Waals surface area contributed by atoms with Gasteiger partial charge in [0.25, 0.3) is 0 Å². The molecule has 0 aliphatic carbocycles. The molecule has 1 atom stereocenters. The van der Waals surface area contributed by atoms with Crippen LogP contribution in [0.3, 0.4) is 0 Å². The average molecular weight is 260 g/mol. The Morgan fingerprint density at radius 2 is 2.11 bits per heavy atom. The molecule has 104 valence electrons. The topological polar surface area (TPSA) is 41.1 Å². The molecule has 3 heteroatoms. The second kappa shape index (κ2) is 6.20. The van der Waals surface area contributed by atoms with Gasteiger partial charge in [0.1, 0.15) is 0 Å². The number of piperidine rings is 1. The Bertz CT molecular complexity index is 419. The molecule has 1 aromatic carbocycles. The van der Waals surface area contributed by atoms with Crippen LogP contribution in [0.1, 0.15) is 37.3 Å². The Kier molecular flexibility index (Phi) is 4.59. The van der Waals surface area contributed by atoms with Crippen LogP contribution in [0.25, 0.3) is 0 Å². The minimum absolute atomic E-state index is 0.197. The van der Waals surface area contributed by atoms with Crippen molar-refractivity contribution in [2.24, 2.45) is 5.41 Å². The fraction of sp³-hybridized carbons (Fsp3) is 0.562. The Hall–Kier alpha value is -1.35. The van der Waals surface area contributed by atoms with Gasteiger partial charge in [-0.3, -0.25) is 4.79 Å². The maximum atomic E-state index is 12.4. The maximum Gasteiger partial charge on any atom is 0.227 e. The summed E-state index contributed by atoms with van der Waals surface area (Å²) in [4.78, 5) is 12.4. The summed E-state index contributed by atoms with van der Waals surface area (Å²) in [6, 6.07) is 8.32. The van der Waals surface area contributed by atoms with E-state index >= 15 is 0 Å². The molecule has 1 saturated heterocycles. The highest BCUT2D eigenvalue weighted by Crippen LogP contribution is 2.30. The zero-order valence-electron chi connectivity index (χ0n) is 12.0. The molecule has 1 aliphatic heterocycles. The van der Waals surface area contributed by atoms with Crippen LogP contribution in [-0.4, -0.2) is 19.0 Å². The summed E-state index contributed by atoms with van der Waals surface area (Å²) in [5.41, 5.74) is 2.20. The van der Waals surface area contributed by atoms with Gasteiger partial charge >= 0.3 is 0 Å². The van der Waals surface area contributed by atoms with E-state index in [0.29, 0.717) is 6.54 Å². The number of hydrogen-bond donors (Lipinski definition) is 2. The van der Waals surface area contributed by atoms with Crippen molar-refractivity contribution in [1.82, 2.24) is 10.6 Å². The van der Waals surface area contributed by atoms with Crippen molar-refractivity contribution < 1.29 is 4.79 Å². The highest BCUT2D eigenvalue weighted by molar-refractivity contribution is 5.83. The van der Waals surface area contributed by atoms with E-state index in [9.17, 15) is 4.79 Å². The standard InChI is InChI=1S/C16H24N2O/c1-3-16(9-4-10-17-12-16)15(19)18-11-14-7-5-13(2)6-8-14/h5-8,17H,3-4,9-12H2,1-2H3,(H,18,19). The van der Waals surface area contributed by atoms with Crippen LogP contribution in [0.4, 0.5) is 0 Å². The highest BCUT2D eigenvalue weighted by atomic mass is 16.2. The number of aryl methyl sites for hydroxylation is 1. The molecule has 2 N–H and O–H groups in total. The number of rotatable bonds is 4. The van der Waals surface area contributed by atoms with Crippen molar-refractivity contribution in [3.63, 3.8) is 0 Å². The van der Waals surface area contributed by atoms with E-state index in [1.807, 2.05) is 0 Å². The van der Waals surface area contributed by atoms with Crippen LogP contribution in [0.15, 0.2) is 24.3 Å². The van der Waals surface area contributed by atoms with E-state index in [2.05, 4.69) is 48.7 Å². The Morgan fingerprint density at radius 3 is 2.68 bits per heavy atom. The molecule has 0 spiro atoms. The Morgan fingerprint density at radius 1 is 1.37 bits per heavy atom. The van der Waals surface area contributed by atoms with Gasteiger partial charge in [0.15, 0.2) is 0 Å². The summed E-state index contributed by atoms with van der Waals surface area (Å²) in [5, 5.41) is 6.45. The van der Waals surface area contributed by atoms with Crippen molar-refractivity contribution in [2.75, 3.05) is 13.1 Å². The third-order valence-electron chi connectivity index (χ3n) is 4.20. The molecule has 1 aliphatic rings. The highest BCUT2D eigenvalue weighted by Gasteiger charge is 2.37. The zero-order chi connectivity index (χ0) is 13.7. The average Bonchev–Trinajstić information content (AvgIpc) is 2.47. The predicted octanol–water partition coefficient (Wildman–Crippen LogP) is 2.39. The summed E-state index contributed by atoms with van der Waals surface area (Å²) < 4.78 is 0. The van der Waals surface area contributed by atoms with Crippen molar-refractivity contribution in [2.45, 2.75) is 39.7 Å². The van der Waals surface area contributed by atoms with E-state index in [4.69, 9.17) is 0 Å². The first kappa shape index (κ1) is 14.1. The largest absolute Gasteiger partial charge is 0.352 e. The molecule has 3 nitrogen and oxygen atoms in total. The van der Waals surface area contributed by atoms with Crippen molar-refractivity contribution in [3.8, 4) is 0 Å². The van der Waals surface area contributed by atoms with Crippen molar-refractivity contribution in [1.29, 1.82) is 0 Å². The van der Waals surface area contributed by atoms with E-state index < -0.39 is 0 Å². The molecule has 0 aromatic heterocycles. The monoisotopic (exact) mass is 260 g/mol. The lowest BCUT2D eigenvalue weighted by Gasteiger charge is -2.35. The van der Waals surface area contributed by atoms with Crippen molar-refractivity contribution in [3.05, 3.63) is 35.4 Å². The van der Waals surface area contributed by atoms with Crippen LogP contribution in [0.5, 0.6) is 0 Å². The molecule has 0 bridgehead atoms. The van der Waals surface area contributed by atoms with Gasteiger partial charge in [0.2, 0.25) is 5.91 Å². The number of carbonyl (C=O) groups excluding carboxylic acids is 1. The van der Waals surface area contributed by atoms with Crippen LogP contribution in [-0.2, 0) is 11.3 Å². The molecule has 1 fully saturated rings. The molecule has 1 unspecified atom stereocenters. The number of nitrogens with one attached hydrogen (secondary N) is 2. The molecule has 1 amide bonds. The lowest BCUT2D eigenvalue weighted by Crippen LogP contribution is -2.50. The number of benzene rings is 1. The maximum absolute atomic E-state index is 12.4. The zero-order valence-corrected chi connectivity index (χ0v) is 12.0. The first-order valence-electron chi connectivity index (χ1n) is 7.21. The van der Waals surface area contributed by atoms with Gasteiger partial charge in [-0.15, -0.1) is 0 Å². The van der Waals surface area contributed by atoms with E-state index in [1.165, 1.54) is 5.56 Å². The lowest BCUT2D eigenvalue weighted by atomic mass is 9.77. The SMILES string of the molecule is CCC1(C(=O)NCc2ccc(C)cc2)CCCNC1. The number of amides is 1. The Labute approximate surface area is 115 Å². The van der Waals surface area contributed by atoms with Gasteiger partial charge in [-0.2, -0.15) is 0 Å². The number of hydrogen-bond acceptors (Lipinski definition) is 2. The molecule has 19 heavy (non-hydrogen) atoms. The quantitative estimate of drug-likeness (QED) is 0.873. The Balaban J connectivity index is 1.94. The third-order valence-corrected chi connectivity index (χ3v) is 4.20. The van der Waals surface area contributed by atoms with Gasteiger partial charge in [-0.1, -0.05) is 36.8 Å². The van der Waals surface area contributed by atoms with Gasteiger partial charge < -0.3 is 10.6 Å². The second-order valence-electron chi connectivity index (χ2n) is 5.58. The van der Waals surface area contributed by atoms with Crippen LogP contribution >= 0.6 is 0 Å². The molecular formula is C16H24N2O. The van der Waals surface area contributed by atoms with E-state index in [-0.39, 0.29) is 11.3 Å². The van der Waals surface area contributed by atoms with E-state index in [1.54, 1.807) is 0 Å². The first-order chi connectivity index (χ1) is 9.16. The minimum atomic E-state index is -0.205. The van der Waals surface area contributed by atoms with Crippen LogP contribution in [0.2, 0.25) is 0 Å². The fourth-order valence-corrected chi connectivity index (χ4v) is 2.70. The van der Waals surface area contributed by atoms with Gasteiger partial charge in [-0.25, -0.2) is 0 Å². The van der Waals surface area contributed by atoms with Gasteiger partial charge in [-0.05, 0) is 38.3 Å². The summed E-state index contributed by atoms with van der Waals surface area (Å²) in [7, 11) is 0. The first-order valence-corrected chi connectivity index (χ1v) is 7.21. The third kappa shape index (κ3) is 3.35. The van der Waals surface area contributed by atoms with E-state index in [0.717, 1.165) is 37.9 Å². The molecule has 0 saturated carbocycles. The van der Waals surface area contributed by atoms with Crippen molar-refractivity contribution >= 4 is 5.91 Å². The summed E-state index contributed by atoms with van der Waals surface area (Å²) >= 11 is 0. The normalized spacial score (nSPS) is 23.1.